The van der Waals surface area contributed by atoms with Crippen LogP contribution in [0.1, 0.15) is 45.2 Å². The monoisotopic (exact) mass is 287 g/mol. The predicted molar refractivity (Wildman–Crippen MR) is 84.6 cm³/mol. The lowest BCUT2D eigenvalue weighted by atomic mass is 9.83. The lowest BCUT2D eigenvalue weighted by Gasteiger charge is -2.27. The van der Waals surface area contributed by atoms with E-state index in [1.54, 1.807) is 0 Å². The Morgan fingerprint density at radius 3 is 2.90 bits per heavy atom. The Kier molecular flexibility index (Phi) is 4.20. The molecule has 0 radical (unpaired) electrons. The molecule has 3 rings (SSSR count). The Balaban J connectivity index is 1.57. The summed E-state index contributed by atoms with van der Waals surface area (Å²) >= 11 is 0. The van der Waals surface area contributed by atoms with Crippen LogP contribution in [0.15, 0.2) is 29.8 Å². The molecule has 1 aliphatic carbocycles. The molecule has 0 bridgehead atoms. The molecule has 3 heteroatoms. The van der Waals surface area contributed by atoms with Crippen LogP contribution in [0.25, 0.3) is 0 Å². The number of allylic oxidation sites excluding steroid dienone is 2. The Morgan fingerprint density at radius 2 is 2.10 bits per heavy atom. The summed E-state index contributed by atoms with van der Waals surface area (Å²) in [5.74, 6) is 3.19. The van der Waals surface area contributed by atoms with E-state index in [1.165, 1.54) is 24.0 Å². The maximum absolute atomic E-state index is 5.45. The van der Waals surface area contributed by atoms with Crippen molar-refractivity contribution in [2.75, 3.05) is 13.3 Å². The number of hydrogen-bond donors (Lipinski definition) is 1. The largest absolute Gasteiger partial charge is 0.454 e. The Bertz CT molecular complexity index is 538. The van der Waals surface area contributed by atoms with Gasteiger partial charge in [0.2, 0.25) is 6.79 Å². The molecule has 0 aromatic heterocycles. The van der Waals surface area contributed by atoms with Crippen LogP contribution in [0.2, 0.25) is 0 Å². The molecule has 3 unspecified atom stereocenters. The van der Waals surface area contributed by atoms with Crippen LogP contribution >= 0.6 is 0 Å². The minimum atomic E-state index is 0.334. The molecule has 1 aliphatic heterocycles. The lowest BCUT2D eigenvalue weighted by molar-refractivity contribution is 0.174. The van der Waals surface area contributed by atoms with E-state index in [0.717, 1.165) is 24.0 Å². The second kappa shape index (κ2) is 6.10. The number of ether oxygens (including phenoxy) is 2. The van der Waals surface area contributed by atoms with Crippen LogP contribution < -0.4 is 14.8 Å². The van der Waals surface area contributed by atoms with Gasteiger partial charge in [0, 0.05) is 6.04 Å². The van der Waals surface area contributed by atoms with Gasteiger partial charge >= 0.3 is 0 Å². The molecule has 1 heterocycles. The van der Waals surface area contributed by atoms with Gasteiger partial charge in [-0.1, -0.05) is 24.6 Å². The summed E-state index contributed by atoms with van der Waals surface area (Å²) in [7, 11) is 0. The molecular weight excluding hydrogens is 262 g/mol. The fourth-order valence-corrected chi connectivity index (χ4v) is 3.49. The minimum absolute atomic E-state index is 0.334. The highest BCUT2D eigenvalue weighted by molar-refractivity contribution is 5.45. The fourth-order valence-electron chi connectivity index (χ4n) is 3.49. The summed E-state index contributed by atoms with van der Waals surface area (Å²) in [5, 5.41) is 3.68. The third-order valence-electron chi connectivity index (χ3n) is 4.49. The molecule has 114 valence electrons. The van der Waals surface area contributed by atoms with Crippen molar-refractivity contribution in [3.8, 4) is 11.5 Å². The van der Waals surface area contributed by atoms with Crippen molar-refractivity contribution < 1.29 is 9.47 Å². The standard InChI is InChI=1S/C18H25NO2/c1-12-6-13(2)8-15(7-12)10-19-14(3)16-4-5-17-18(9-16)21-11-20-17/h4-6,9,12,14-15,19H,7-8,10-11H2,1-3H3. The number of hydrogen-bond acceptors (Lipinski definition) is 3. The van der Waals surface area contributed by atoms with E-state index in [4.69, 9.17) is 9.47 Å². The summed E-state index contributed by atoms with van der Waals surface area (Å²) in [4.78, 5) is 0. The van der Waals surface area contributed by atoms with Crippen LogP contribution in [-0.4, -0.2) is 13.3 Å². The van der Waals surface area contributed by atoms with Gasteiger partial charge in [0.05, 0.1) is 0 Å². The van der Waals surface area contributed by atoms with Crippen molar-refractivity contribution in [1.29, 1.82) is 0 Å². The molecule has 3 atom stereocenters. The first kappa shape index (κ1) is 14.5. The van der Waals surface area contributed by atoms with Gasteiger partial charge in [-0.3, -0.25) is 0 Å². The molecule has 1 aromatic carbocycles. The van der Waals surface area contributed by atoms with Crippen LogP contribution in [0.4, 0.5) is 0 Å². The van der Waals surface area contributed by atoms with E-state index < -0.39 is 0 Å². The highest BCUT2D eigenvalue weighted by Gasteiger charge is 2.20. The molecule has 3 nitrogen and oxygen atoms in total. The van der Waals surface area contributed by atoms with Crippen molar-refractivity contribution in [3.63, 3.8) is 0 Å². The maximum Gasteiger partial charge on any atom is 0.231 e. The summed E-state index contributed by atoms with van der Waals surface area (Å²) in [6.07, 6.45) is 4.93. The highest BCUT2D eigenvalue weighted by atomic mass is 16.7. The van der Waals surface area contributed by atoms with Gasteiger partial charge in [0.1, 0.15) is 0 Å². The first-order valence-electron chi connectivity index (χ1n) is 7.92. The SMILES string of the molecule is CC1=CC(C)CC(CNC(C)c2ccc3c(c2)OCO3)C1. The van der Waals surface area contributed by atoms with E-state index in [2.05, 4.69) is 44.3 Å². The van der Waals surface area contributed by atoms with Crippen molar-refractivity contribution in [1.82, 2.24) is 5.32 Å². The first-order chi connectivity index (χ1) is 10.1. The summed E-state index contributed by atoms with van der Waals surface area (Å²) in [5.41, 5.74) is 2.80. The average Bonchev–Trinajstić information content (AvgIpc) is 2.91. The second-order valence-corrected chi connectivity index (χ2v) is 6.54. The third kappa shape index (κ3) is 3.41. The number of benzene rings is 1. The van der Waals surface area contributed by atoms with Gasteiger partial charge in [-0.15, -0.1) is 0 Å². The zero-order valence-electron chi connectivity index (χ0n) is 13.2. The zero-order chi connectivity index (χ0) is 14.8. The Morgan fingerprint density at radius 1 is 1.29 bits per heavy atom. The minimum Gasteiger partial charge on any atom is -0.454 e. The summed E-state index contributed by atoms with van der Waals surface area (Å²) < 4.78 is 10.8. The molecule has 0 saturated carbocycles. The molecule has 0 amide bonds. The maximum atomic E-state index is 5.45. The Labute approximate surface area is 127 Å². The van der Waals surface area contributed by atoms with E-state index in [-0.39, 0.29) is 0 Å². The molecule has 0 fully saturated rings. The molecule has 1 aromatic rings. The smallest absolute Gasteiger partial charge is 0.231 e. The van der Waals surface area contributed by atoms with Crippen LogP contribution in [0, 0.1) is 11.8 Å². The van der Waals surface area contributed by atoms with Gasteiger partial charge < -0.3 is 14.8 Å². The second-order valence-electron chi connectivity index (χ2n) is 6.54. The van der Waals surface area contributed by atoms with Gasteiger partial charge in [-0.25, -0.2) is 0 Å². The quantitative estimate of drug-likeness (QED) is 0.847. The molecular formula is C18H25NO2. The van der Waals surface area contributed by atoms with Crippen molar-refractivity contribution >= 4 is 0 Å². The zero-order valence-corrected chi connectivity index (χ0v) is 13.2. The molecule has 2 aliphatic rings. The summed E-state index contributed by atoms with van der Waals surface area (Å²) in [6, 6.07) is 6.56. The van der Waals surface area contributed by atoms with E-state index in [0.29, 0.717) is 18.8 Å². The molecule has 21 heavy (non-hydrogen) atoms. The number of rotatable bonds is 4. The van der Waals surface area contributed by atoms with E-state index in [9.17, 15) is 0 Å². The topological polar surface area (TPSA) is 30.5 Å². The van der Waals surface area contributed by atoms with Crippen molar-refractivity contribution in [3.05, 3.63) is 35.4 Å². The third-order valence-corrected chi connectivity index (χ3v) is 4.49. The number of fused-ring (bicyclic) bond motifs is 1. The summed E-state index contributed by atoms with van der Waals surface area (Å²) in [6.45, 7) is 8.20. The molecule has 0 saturated heterocycles. The normalized spacial score (nSPS) is 25.6. The predicted octanol–water partition coefficient (Wildman–Crippen LogP) is 4.06. The molecule has 0 spiro atoms. The fraction of sp³-hybridized carbons (Fsp3) is 0.556. The van der Waals surface area contributed by atoms with Gasteiger partial charge in [-0.05, 0) is 62.8 Å². The Hall–Kier alpha value is -1.48. The van der Waals surface area contributed by atoms with Crippen molar-refractivity contribution in [2.24, 2.45) is 11.8 Å². The van der Waals surface area contributed by atoms with E-state index in [1.807, 2.05) is 6.07 Å². The van der Waals surface area contributed by atoms with Crippen LogP contribution in [-0.2, 0) is 0 Å². The van der Waals surface area contributed by atoms with E-state index >= 15 is 0 Å². The van der Waals surface area contributed by atoms with Crippen LogP contribution in [0.3, 0.4) is 0 Å². The number of nitrogens with one attached hydrogen (secondary N) is 1. The lowest BCUT2D eigenvalue weighted by Crippen LogP contribution is -2.28. The first-order valence-corrected chi connectivity index (χ1v) is 7.92. The molecule has 1 N–H and O–H groups in total. The highest BCUT2D eigenvalue weighted by Crippen LogP contribution is 2.34. The average molecular weight is 287 g/mol. The van der Waals surface area contributed by atoms with Gasteiger partial charge in [-0.2, -0.15) is 0 Å². The van der Waals surface area contributed by atoms with Gasteiger partial charge in [0.25, 0.3) is 0 Å². The van der Waals surface area contributed by atoms with Gasteiger partial charge in [0.15, 0.2) is 11.5 Å². The van der Waals surface area contributed by atoms with Crippen LogP contribution in [0.5, 0.6) is 11.5 Å². The van der Waals surface area contributed by atoms with Crippen molar-refractivity contribution in [2.45, 2.75) is 39.7 Å².